The van der Waals surface area contributed by atoms with Crippen molar-refractivity contribution in [2.75, 3.05) is 0 Å². The molecule has 4 heterocycles. The third kappa shape index (κ3) is 10.1. The van der Waals surface area contributed by atoms with Gasteiger partial charge < -0.3 is 0 Å². The number of aryl methyl sites for hydroxylation is 2. The minimum absolute atomic E-state index is 1.11. The zero-order valence-electron chi connectivity index (χ0n) is 24.2. The molecule has 4 aromatic rings. The van der Waals surface area contributed by atoms with Gasteiger partial charge in [-0.1, -0.05) is 102 Å². The summed E-state index contributed by atoms with van der Waals surface area (Å²) in [6.07, 6.45) is 18.5. The maximum atomic E-state index is 3.47. The van der Waals surface area contributed by atoms with Gasteiger partial charge in [-0.05, 0) is 72.8 Å². The monoisotopic (exact) mass is 602 g/mol. The van der Waals surface area contributed by atoms with E-state index in [1.807, 2.05) is 22.7 Å². The lowest BCUT2D eigenvalue weighted by molar-refractivity contribution is 0.609. The van der Waals surface area contributed by atoms with Gasteiger partial charge in [-0.25, -0.2) is 0 Å². The molecule has 0 nitrogen and oxygen atoms in total. The van der Waals surface area contributed by atoms with Gasteiger partial charge in [0, 0.05) is 20.9 Å². The van der Waals surface area contributed by atoms with E-state index in [2.05, 4.69) is 84.7 Å². The van der Waals surface area contributed by atoms with Gasteiger partial charge in [0.25, 0.3) is 0 Å². The van der Waals surface area contributed by atoms with Crippen LogP contribution in [-0.2, 0) is 12.8 Å². The van der Waals surface area contributed by atoms with Crippen LogP contribution in [0.25, 0.3) is 9.75 Å². The largest absolute Gasteiger partial charge is 0.142 e. The molecule has 0 aliphatic heterocycles. The van der Waals surface area contributed by atoms with Gasteiger partial charge in [0.05, 0.1) is 19.5 Å². The van der Waals surface area contributed by atoms with Gasteiger partial charge >= 0.3 is 0 Å². The van der Waals surface area contributed by atoms with Crippen molar-refractivity contribution in [2.45, 2.75) is 104 Å². The van der Waals surface area contributed by atoms with E-state index in [9.17, 15) is 0 Å². The van der Waals surface area contributed by atoms with Crippen molar-refractivity contribution < 1.29 is 0 Å². The maximum absolute atomic E-state index is 3.47. The normalized spacial score (nSPS) is 10.8. The maximum Gasteiger partial charge on any atom is 0.0775 e. The van der Waals surface area contributed by atoms with Gasteiger partial charge in [0.2, 0.25) is 0 Å². The first-order chi connectivity index (χ1) is 19.8. The number of unbranched alkanes of at least 4 members (excludes halogenated alkanes) is 10. The topological polar surface area (TPSA) is 0 Å². The van der Waals surface area contributed by atoms with Crippen LogP contribution in [0.2, 0.25) is 0 Å². The van der Waals surface area contributed by atoms with E-state index in [4.69, 9.17) is 0 Å². The average Bonchev–Trinajstić information content (AvgIpc) is 3.77. The molecule has 0 aromatic carbocycles. The highest BCUT2D eigenvalue weighted by molar-refractivity contribution is 7.20. The van der Waals surface area contributed by atoms with Crippen molar-refractivity contribution in [3.05, 3.63) is 77.8 Å². The van der Waals surface area contributed by atoms with Crippen LogP contribution in [0.3, 0.4) is 0 Å². The van der Waals surface area contributed by atoms with Crippen LogP contribution >= 0.6 is 45.3 Å². The van der Waals surface area contributed by atoms with E-state index in [1.54, 1.807) is 22.7 Å². The van der Waals surface area contributed by atoms with E-state index < -0.39 is 0 Å². The van der Waals surface area contributed by atoms with Crippen molar-refractivity contribution in [3.8, 4) is 33.4 Å². The predicted octanol–water partition coefficient (Wildman–Crippen LogP) is 12.2. The fourth-order valence-corrected chi connectivity index (χ4v) is 8.44. The SMILES string of the molecule is CCCCCCCCc1ccc(C#Cc2ccsc2-c2sccc2C#Cc2ccc(CCCCCCCC)s2)s1. The summed E-state index contributed by atoms with van der Waals surface area (Å²) in [4.78, 5) is 7.74. The fourth-order valence-electron chi connectivity index (χ4n) is 4.74. The van der Waals surface area contributed by atoms with Gasteiger partial charge in [0.15, 0.2) is 0 Å². The first-order valence-corrected chi connectivity index (χ1v) is 18.5. The summed E-state index contributed by atoms with van der Waals surface area (Å²) in [6.45, 7) is 4.55. The molecule has 4 aromatic heterocycles. The smallest absolute Gasteiger partial charge is 0.0775 e. The molecule has 40 heavy (non-hydrogen) atoms. The summed E-state index contributed by atoms with van der Waals surface area (Å²) in [5, 5.41) is 4.31. The zero-order chi connectivity index (χ0) is 27.8. The van der Waals surface area contributed by atoms with Crippen molar-refractivity contribution in [2.24, 2.45) is 0 Å². The quantitative estimate of drug-likeness (QED) is 0.0938. The lowest BCUT2D eigenvalue weighted by Gasteiger charge is -1.99. The molecule has 4 rings (SSSR count). The van der Waals surface area contributed by atoms with Crippen LogP contribution in [-0.4, -0.2) is 0 Å². The van der Waals surface area contributed by atoms with Crippen LogP contribution in [0.5, 0.6) is 0 Å². The second-order valence-corrected chi connectivity index (χ2v) is 14.6. The molecule has 0 saturated carbocycles. The van der Waals surface area contributed by atoms with Crippen molar-refractivity contribution in [1.29, 1.82) is 0 Å². The predicted molar refractivity (Wildman–Crippen MR) is 182 cm³/mol. The lowest BCUT2D eigenvalue weighted by atomic mass is 10.1. The standard InChI is InChI=1S/C36H42S4/c1-3-5-7-9-11-13-15-31-21-23-33(39-31)19-17-29-25-27-37-35(29)36-30(26-28-38-36)18-20-34-24-22-32(40-34)16-14-12-10-8-6-4-2/h21-28H,3-16H2,1-2H3. The highest BCUT2D eigenvalue weighted by Gasteiger charge is 2.11. The molecule has 0 unspecified atom stereocenters. The summed E-state index contributed by atoms with van der Waals surface area (Å²) in [6, 6.07) is 13.2. The number of hydrogen-bond donors (Lipinski definition) is 0. The molecule has 0 bridgehead atoms. The Kier molecular flexibility index (Phi) is 13.6. The average molecular weight is 603 g/mol. The summed E-state index contributed by atoms with van der Waals surface area (Å²) in [5.74, 6) is 13.8. The molecule has 0 fully saturated rings. The molecule has 0 spiro atoms. The molecule has 0 N–H and O–H groups in total. The van der Waals surface area contributed by atoms with Crippen LogP contribution in [0.1, 0.15) is 122 Å². The first kappa shape index (κ1) is 30.9. The summed E-state index contributed by atoms with van der Waals surface area (Å²) < 4.78 is 0. The van der Waals surface area contributed by atoms with Gasteiger partial charge in [-0.3, -0.25) is 0 Å². The van der Waals surface area contributed by atoms with Crippen LogP contribution < -0.4 is 0 Å². The Hall–Kier alpha value is -2.08. The Bertz CT molecular complexity index is 1290. The Morgan fingerprint density at radius 1 is 0.475 bits per heavy atom. The Balaban J connectivity index is 1.33. The third-order valence-corrected chi connectivity index (χ3v) is 11.2. The number of hydrogen-bond acceptors (Lipinski definition) is 4. The van der Waals surface area contributed by atoms with Crippen molar-refractivity contribution in [3.63, 3.8) is 0 Å². The molecule has 210 valence electrons. The molecule has 0 radical (unpaired) electrons. The van der Waals surface area contributed by atoms with Crippen LogP contribution in [0, 0.1) is 23.7 Å². The van der Waals surface area contributed by atoms with Crippen LogP contribution in [0.4, 0.5) is 0 Å². The second kappa shape index (κ2) is 17.7. The fraction of sp³-hybridized carbons (Fsp3) is 0.444. The molecular formula is C36H42S4. The minimum Gasteiger partial charge on any atom is -0.142 e. The minimum atomic E-state index is 1.11. The van der Waals surface area contributed by atoms with E-state index in [0.29, 0.717) is 0 Å². The molecule has 4 heteroatoms. The summed E-state index contributed by atoms with van der Waals surface area (Å²) >= 11 is 7.25. The molecule has 0 amide bonds. The first-order valence-electron chi connectivity index (χ1n) is 15.1. The van der Waals surface area contributed by atoms with E-state index in [-0.39, 0.29) is 0 Å². The van der Waals surface area contributed by atoms with E-state index in [1.165, 1.54) is 119 Å². The van der Waals surface area contributed by atoms with Crippen molar-refractivity contribution in [1.82, 2.24) is 0 Å². The van der Waals surface area contributed by atoms with Crippen molar-refractivity contribution >= 4 is 45.3 Å². The van der Waals surface area contributed by atoms with E-state index >= 15 is 0 Å². The number of rotatable bonds is 15. The third-order valence-electron chi connectivity index (χ3n) is 7.05. The van der Waals surface area contributed by atoms with Gasteiger partial charge in [-0.2, -0.15) is 0 Å². The lowest BCUT2D eigenvalue weighted by Crippen LogP contribution is -1.82. The zero-order valence-corrected chi connectivity index (χ0v) is 27.4. The molecule has 0 atom stereocenters. The second-order valence-electron chi connectivity index (χ2n) is 10.4. The van der Waals surface area contributed by atoms with Gasteiger partial charge in [0.1, 0.15) is 0 Å². The Morgan fingerprint density at radius 2 is 0.900 bits per heavy atom. The van der Waals surface area contributed by atoms with E-state index in [0.717, 1.165) is 11.1 Å². The number of thiophene rings is 4. The molecular weight excluding hydrogens is 561 g/mol. The highest BCUT2D eigenvalue weighted by Crippen LogP contribution is 2.36. The van der Waals surface area contributed by atoms with Crippen LogP contribution in [0.15, 0.2) is 47.2 Å². The summed E-state index contributed by atoms with van der Waals surface area (Å²) in [7, 11) is 0. The van der Waals surface area contributed by atoms with Gasteiger partial charge in [-0.15, -0.1) is 45.3 Å². The summed E-state index contributed by atoms with van der Waals surface area (Å²) in [5.41, 5.74) is 2.22. The molecule has 0 aliphatic carbocycles. The Morgan fingerprint density at radius 3 is 1.35 bits per heavy atom. The Labute approximate surface area is 258 Å². The highest BCUT2D eigenvalue weighted by atomic mass is 32.1. The molecule has 0 aliphatic rings. The molecule has 0 saturated heterocycles.